The molecule has 0 atom stereocenters. The molecule has 3 heterocycles. The maximum atomic E-state index is 12.7. The van der Waals surface area contributed by atoms with Crippen LogP contribution in [0.1, 0.15) is 15.2 Å². The first-order chi connectivity index (χ1) is 11.5. The number of hydrogen-bond acceptors (Lipinski definition) is 4. The molecule has 2 aromatic heterocycles. The van der Waals surface area contributed by atoms with Crippen LogP contribution < -0.4 is 16.0 Å². The van der Waals surface area contributed by atoms with Crippen LogP contribution in [0.15, 0.2) is 30.5 Å². The molecule has 3 amide bonds. The second kappa shape index (κ2) is 5.19. The van der Waals surface area contributed by atoms with Gasteiger partial charge in [0.2, 0.25) is 0 Å². The number of urea groups is 1. The summed E-state index contributed by atoms with van der Waals surface area (Å²) in [6, 6.07) is 6.75. The minimum absolute atomic E-state index is 0.292. The molecule has 0 saturated heterocycles. The largest absolute Gasteiger partial charge is 0.365 e. The number of pyridine rings is 1. The molecule has 1 aliphatic heterocycles. The first kappa shape index (κ1) is 14.9. The first-order valence-electron chi connectivity index (χ1n) is 7.06. The van der Waals surface area contributed by atoms with E-state index >= 15 is 0 Å². The van der Waals surface area contributed by atoms with E-state index < -0.39 is 5.91 Å². The third-order valence-corrected chi connectivity index (χ3v) is 5.40. The first-order valence-corrected chi connectivity index (χ1v) is 8.25. The Morgan fingerprint density at radius 2 is 2.17 bits per heavy atom. The number of nitrogens with one attached hydrogen (secondary N) is 1. The molecule has 1 aliphatic rings. The Balaban J connectivity index is 1.99. The molecule has 0 unspecified atom stereocenters. The molecule has 24 heavy (non-hydrogen) atoms. The zero-order valence-electron chi connectivity index (χ0n) is 12.5. The van der Waals surface area contributed by atoms with Gasteiger partial charge in [0.1, 0.15) is 9.71 Å². The quantitative estimate of drug-likeness (QED) is 0.724. The summed E-state index contributed by atoms with van der Waals surface area (Å²) in [5.41, 5.74) is 8.03. The van der Waals surface area contributed by atoms with Gasteiger partial charge in [0.15, 0.2) is 0 Å². The summed E-state index contributed by atoms with van der Waals surface area (Å²) in [7, 11) is 0. The van der Waals surface area contributed by atoms with Crippen molar-refractivity contribution in [1.29, 1.82) is 0 Å². The molecule has 0 aliphatic carbocycles. The summed E-state index contributed by atoms with van der Waals surface area (Å²) in [6.45, 7) is 1.89. The van der Waals surface area contributed by atoms with Gasteiger partial charge in [-0.3, -0.25) is 9.69 Å². The number of hydrogen-bond donors (Lipinski definition) is 2. The maximum Gasteiger partial charge on any atom is 0.331 e. The predicted molar refractivity (Wildman–Crippen MR) is 95.5 cm³/mol. The summed E-state index contributed by atoms with van der Waals surface area (Å²) < 4.78 is 0. The van der Waals surface area contributed by atoms with Crippen molar-refractivity contribution in [1.82, 2.24) is 4.98 Å². The van der Waals surface area contributed by atoms with E-state index in [0.717, 1.165) is 16.9 Å². The highest BCUT2D eigenvalue weighted by atomic mass is 35.5. The number of amides is 3. The highest BCUT2D eigenvalue weighted by molar-refractivity contribution is 7.21. The summed E-state index contributed by atoms with van der Waals surface area (Å²) >= 11 is 7.36. The smallest absolute Gasteiger partial charge is 0.331 e. The summed E-state index contributed by atoms with van der Waals surface area (Å²) in [5, 5.41) is 4.02. The van der Waals surface area contributed by atoms with Crippen molar-refractivity contribution in [2.24, 2.45) is 5.73 Å². The molecular formula is C16H11ClN4O2S. The molecule has 8 heteroatoms. The van der Waals surface area contributed by atoms with Crippen molar-refractivity contribution in [3.05, 3.63) is 45.9 Å². The van der Waals surface area contributed by atoms with Gasteiger partial charge in [-0.1, -0.05) is 17.7 Å². The van der Waals surface area contributed by atoms with E-state index in [1.54, 1.807) is 18.3 Å². The summed E-state index contributed by atoms with van der Waals surface area (Å²) in [4.78, 5) is 31.0. The maximum absolute atomic E-state index is 12.7. The van der Waals surface area contributed by atoms with Gasteiger partial charge in [-0.05, 0) is 30.7 Å². The van der Waals surface area contributed by atoms with E-state index in [2.05, 4.69) is 10.3 Å². The molecule has 120 valence electrons. The molecule has 3 N–H and O–H groups in total. The van der Waals surface area contributed by atoms with Crippen LogP contribution in [0.3, 0.4) is 0 Å². The fraction of sp³-hybridized carbons (Fsp3) is 0.0625. The van der Waals surface area contributed by atoms with Crippen LogP contribution in [0.5, 0.6) is 0 Å². The Bertz CT molecular complexity index is 1030. The monoisotopic (exact) mass is 358 g/mol. The molecule has 0 bridgehead atoms. The van der Waals surface area contributed by atoms with Gasteiger partial charge in [-0.15, -0.1) is 11.3 Å². The molecule has 0 saturated carbocycles. The van der Waals surface area contributed by atoms with Crippen LogP contribution in [0, 0.1) is 6.92 Å². The van der Waals surface area contributed by atoms with Gasteiger partial charge in [0.05, 0.1) is 22.4 Å². The van der Waals surface area contributed by atoms with E-state index in [9.17, 15) is 9.59 Å². The lowest BCUT2D eigenvalue weighted by atomic mass is 10.1. The van der Waals surface area contributed by atoms with E-state index in [1.807, 2.05) is 19.1 Å². The van der Waals surface area contributed by atoms with Crippen molar-refractivity contribution < 1.29 is 9.59 Å². The summed E-state index contributed by atoms with van der Waals surface area (Å²) in [6.07, 6.45) is 1.60. The Kier molecular flexibility index (Phi) is 3.22. The predicted octanol–water partition coefficient (Wildman–Crippen LogP) is 4.04. The van der Waals surface area contributed by atoms with Gasteiger partial charge in [-0.2, -0.15) is 0 Å². The fourth-order valence-corrected chi connectivity index (χ4v) is 3.88. The number of aromatic nitrogens is 1. The number of halogens is 1. The number of carbonyl (C=O) groups excluding carboxylic acids is 2. The molecule has 6 nitrogen and oxygen atoms in total. The third kappa shape index (κ3) is 2.05. The number of aryl methyl sites for hydroxylation is 1. The van der Waals surface area contributed by atoms with Gasteiger partial charge < -0.3 is 11.1 Å². The highest BCUT2D eigenvalue weighted by Crippen LogP contribution is 2.45. The lowest BCUT2D eigenvalue weighted by Gasteiger charge is -2.28. The number of nitrogens with two attached hydrogens (primary N) is 1. The van der Waals surface area contributed by atoms with Crippen molar-refractivity contribution in [3.63, 3.8) is 0 Å². The van der Waals surface area contributed by atoms with Crippen LogP contribution in [-0.2, 0) is 0 Å². The van der Waals surface area contributed by atoms with E-state index in [4.69, 9.17) is 17.3 Å². The number of primary amides is 1. The zero-order chi connectivity index (χ0) is 17.0. The number of carbonyl (C=O) groups is 2. The van der Waals surface area contributed by atoms with E-state index in [-0.39, 0.29) is 6.03 Å². The lowest BCUT2D eigenvalue weighted by molar-refractivity contribution is 0.100. The molecule has 0 radical (unpaired) electrons. The Labute approximate surface area is 145 Å². The van der Waals surface area contributed by atoms with Crippen molar-refractivity contribution >= 4 is 62.2 Å². The van der Waals surface area contributed by atoms with Gasteiger partial charge in [-0.25, -0.2) is 9.78 Å². The minimum Gasteiger partial charge on any atom is -0.365 e. The normalized spacial score (nSPS) is 13.2. The molecule has 1 aromatic carbocycles. The van der Waals surface area contributed by atoms with Crippen LogP contribution >= 0.6 is 22.9 Å². The Morgan fingerprint density at radius 3 is 2.88 bits per heavy atom. The van der Waals surface area contributed by atoms with Gasteiger partial charge in [0.25, 0.3) is 5.91 Å². The Morgan fingerprint density at radius 1 is 1.38 bits per heavy atom. The van der Waals surface area contributed by atoms with Crippen molar-refractivity contribution in [2.75, 3.05) is 10.2 Å². The summed E-state index contributed by atoms with van der Waals surface area (Å²) in [5.74, 6) is -0.592. The second-order valence-corrected chi connectivity index (χ2v) is 6.79. The number of nitrogens with zero attached hydrogens (tertiary/aromatic N) is 2. The second-order valence-electron chi connectivity index (χ2n) is 5.38. The lowest BCUT2D eigenvalue weighted by Crippen LogP contribution is -2.34. The van der Waals surface area contributed by atoms with Crippen LogP contribution in [0.2, 0.25) is 5.02 Å². The number of benzene rings is 1. The van der Waals surface area contributed by atoms with E-state index in [1.165, 1.54) is 4.90 Å². The molecule has 0 spiro atoms. The topological polar surface area (TPSA) is 88.3 Å². The van der Waals surface area contributed by atoms with Gasteiger partial charge in [0, 0.05) is 11.2 Å². The Hall–Kier alpha value is -2.64. The molecule has 4 rings (SSSR count). The molecule has 0 fully saturated rings. The van der Waals surface area contributed by atoms with E-state index in [0.29, 0.717) is 37.2 Å². The highest BCUT2D eigenvalue weighted by Gasteiger charge is 2.32. The molecular weight excluding hydrogens is 348 g/mol. The number of thiophene rings is 1. The van der Waals surface area contributed by atoms with Gasteiger partial charge >= 0.3 is 6.03 Å². The van der Waals surface area contributed by atoms with Crippen LogP contribution in [-0.4, -0.2) is 16.9 Å². The fourth-order valence-electron chi connectivity index (χ4n) is 2.74. The standard InChI is InChI=1S/C16H11ClN4O2S/c1-7-2-3-8(6-9(7)17)21-10-4-5-19-15-11(10)12(20-16(21)23)13(24-15)14(18)22/h2-6H,1H3,(H2,18,22)(H,20,23). The van der Waals surface area contributed by atoms with Crippen LogP contribution in [0.25, 0.3) is 10.2 Å². The third-order valence-electron chi connectivity index (χ3n) is 3.88. The van der Waals surface area contributed by atoms with Crippen molar-refractivity contribution in [3.8, 4) is 0 Å². The average Bonchev–Trinajstić information content (AvgIpc) is 2.91. The SMILES string of the molecule is Cc1ccc(N2C(=O)Nc3c(C(N)=O)sc4nccc2c34)cc1Cl. The van der Waals surface area contributed by atoms with Crippen molar-refractivity contribution in [2.45, 2.75) is 6.92 Å². The average molecular weight is 359 g/mol. The zero-order valence-corrected chi connectivity index (χ0v) is 14.0. The number of rotatable bonds is 2. The van der Waals surface area contributed by atoms with Crippen LogP contribution in [0.4, 0.5) is 21.9 Å². The minimum atomic E-state index is -0.592. The number of anilines is 3. The molecule has 3 aromatic rings.